The molecule has 0 heterocycles. The Labute approximate surface area is 77.7 Å². The van der Waals surface area contributed by atoms with Crippen molar-refractivity contribution in [1.82, 2.24) is 5.32 Å². The molecule has 0 unspecified atom stereocenters. The second-order valence-corrected chi connectivity index (χ2v) is 3.13. The standard InChI is InChI=1S/C9H17F2NO/c1-4-9(5-2,6-3)12-8(13)7(10)11/h7H,4-6H2,1-3H3,(H,12,13). The topological polar surface area (TPSA) is 29.1 Å². The molecule has 0 rings (SSSR count). The minimum Gasteiger partial charge on any atom is -0.346 e. The Hall–Kier alpha value is -0.670. The van der Waals surface area contributed by atoms with Crippen LogP contribution in [0.3, 0.4) is 0 Å². The summed E-state index contributed by atoms with van der Waals surface area (Å²) in [5.74, 6) is -1.16. The molecule has 78 valence electrons. The first-order valence-electron chi connectivity index (χ1n) is 4.61. The molecule has 0 aromatic heterocycles. The van der Waals surface area contributed by atoms with Crippen LogP contribution in [0.4, 0.5) is 8.78 Å². The lowest BCUT2D eigenvalue weighted by molar-refractivity contribution is -0.134. The van der Waals surface area contributed by atoms with E-state index in [2.05, 4.69) is 5.32 Å². The molecule has 0 fully saturated rings. The van der Waals surface area contributed by atoms with Crippen molar-refractivity contribution in [2.75, 3.05) is 0 Å². The fourth-order valence-electron chi connectivity index (χ4n) is 1.33. The molecule has 0 aliphatic heterocycles. The third-order valence-corrected chi connectivity index (χ3v) is 2.62. The average Bonchev–Trinajstić information content (AvgIpc) is 2.14. The van der Waals surface area contributed by atoms with Crippen molar-refractivity contribution in [3.8, 4) is 0 Å². The summed E-state index contributed by atoms with van der Waals surface area (Å²) in [5, 5.41) is 2.39. The summed E-state index contributed by atoms with van der Waals surface area (Å²) >= 11 is 0. The summed E-state index contributed by atoms with van der Waals surface area (Å²) in [6.07, 6.45) is -0.876. The number of carbonyl (C=O) groups is 1. The summed E-state index contributed by atoms with van der Waals surface area (Å²) < 4.78 is 23.9. The van der Waals surface area contributed by atoms with Gasteiger partial charge in [-0.1, -0.05) is 20.8 Å². The number of rotatable bonds is 5. The summed E-state index contributed by atoms with van der Waals surface area (Å²) in [4.78, 5) is 10.8. The van der Waals surface area contributed by atoms with Gasteiger partial charge in [-0.2, -0.15) is 8.78 Å². The van der Waals surface area contributed by atoms with Crippen molar-refractivity contribution >= 4 is 5.91 Å². The summed E-state index contributed by atoms with van der Waals surface area (Å²) in [7, 11) is 0. The van der Waals surface area contributed by atoms with Crippen molar-refractivity contribution < 1.29 is 13.6 Å². The van der Waals surface area contributed by atoms with Crippen molar-refractivity contribution in [2.45, 2.75) is 52.0 Å². The van der Waals surface area contributed by atoms with Crippen LogP contribution in [0.2, 0.25) is 0 Å². The quantitative estimate of drug-likeness (QED) is 0.713. The van der Waals surface area contributed by atoms with Crippen LogP contribution in [0.15, 0.2) is 0 Å². The van der Waals surface area contributed by atoms with Crippen LogP contribution in [0, 0.1) is 0 Å². The Morgan fingerprint density at radius 3 is 1.85 bits per heavy atom. The van der Waals surface area contributed by atoms with E-state index in [1.165, 1.54) is 0 Å². The Bertz CT molecular complexity index is 159. The first-order chi connectivity index (χ1) is 6.01. The fraction of sp³-hybridized carbons (Fsp3) is 0.889. The molecule has 1 amide bonds. The Morgan fingerprint density at radius 1 is 1.23 bits per heavy atom. The van der Waals surface area contributed by atoms with Crippen molar-refractivity contribution in [3.05, 3.63) is 0 Å². The predicted molar refractivity (Wildman–Crippen MR) is 47.8 cm³/mol. The molecule has 4 heteroatoms. The second kappa shape index (κ2) is 5.14. The molecule has 0 saturated carbocycles. The van der Waals surface area contributed by atoms with E-state index in [4.69, 9.17) is 0 Å². The molecule has 0 aromatic rings. The third kappa shape index (κ3) is 3.28. The Kier molecular flexibility index (Phi) is 4.88. The van der Waals surface area contributed by atoms with Crippen LogP contribution in [0.25, 0.3) is 0 Å². The molecule has 13 heavy (non-hydrogen) atoms. The van der Waals surface area contributed by atoms with Gasteiger partial charge < -0.3 is 5.32 Å². The first kappa shape index (κ1) is 12.3. The van der Waals surface area contributed by atoms with Crippen LogP contribution in [-0.2, 0) is 4.79 Å². The number of amides is 1. The van der Waals surface area contributed by atoms with E-state index in [0.717, 1.165) is 0 Å². The maximum absolute atomic E-state index is 12.0. The molecular formula is C9H17F2NO. The Morgan fingerprint density at radius 2 is 1.62 bits per heavy atom. The largest absolute Gasteiger partial charge is 0.346 e. The van der Waals surface area contributed by atoms with E-state index in [1.807, 2.05) is 20.8 Å². The zero-order chi connectivity index (χ0) is 10.5. The first-order valence-corrected chi connectivity index (χ1v) is 4.61. The van der Waals surface area contributed by atoms with Crippen molar-refractivity contribution in [2.24, 2.45) is 0 Å². The zero-order valence-corrected chi connectivity index (χ0v) is 8.36. The number of carbonyl (C=O) groups excluding carboxylic acids is 1. The normalized spacial score (nSPS) is 11.8. The molecule has 0 aromatic carbocycles. The highest BCUT2D eigenvalue weighted by molar-refractivity contribution is 5.79. The highest BCUT2D eigenvalue weighted by Gasteiger charge is 2.28. The molecule has 0 atom stereocenters. The number of halogens is 2. The molecule has 0 spiro atoms. The molecule has 0 saturated heterocycles. The molecule has 2 nitrogen and oxygen atoms in total. The number of hydrogen-bond acceptors (Lipinski definition) is 1. The van der Waals surface area contributed by atoms with Gasteiger partial charge in [-0.15, -0.1) is 0 Å². The predicted octanol–water partition coefficient (Wildman–Crippen LogP) is 2.34. The molecule has 0 aliphatic rings. The molecule has 0 radical (unpaired) electrons. The van der Waals surface area contributed by atoms with Crippen LogP contribution in [0.1, 0.15) is 40.0 Å². The fourth-order valence-corrected chi connectivity index (χ4v) is 1.33. The van der Waals surface area contributed by atoms with Gasteiger partial charge in [-0.25, -0.2) is 0 Å². The number of alkyl halides is 2. The van der Waals surface area contributed by atoms with Gasteiger partial charge in [-0.3, -0.25) is 4.79 Å². The van der Waals surface area contributed by atoms with Gasteiger partial charge >= 0.3 is 6.43 Å². The lowest BCUT2D eigenvalue weighted by Crippen LogP contribution is -2.49. The molecule has 0 aliphatic carbocycles. The summed E-state index contributed by atoms with van der Waals surface area (Å²) in [5.41, 5.74) is -0.451. The van der Waals surface area contributed by atoms with E-state index >= 15 is 0 Å². The van der Waals surface area contributed by atoms with E-state index in [-0.39, 0.29) is 0 Å². The van der Waals surface area contributed by atoms with Crippen molar-refractivity contribution in [1.29, 1.82) is 0 Å². The van der Waals surface area contributed by atoms with Crippen LogP contribution < -0.4 is 5.32 Å². The van der Waals surface area contributed by atoms with Gasteiger partial charge in [0.15, 0.2) is 0 Å². The summed E-state index contributed by atoms with van der Waals surface area (Å²) in [6, 6.07) is 0. The van der Waals surface area contributed by atoms with E-state index in [9.17, 15) is 13.6 Å². The van der Waals surface area contributed by atoms with E-state index in [1.54, 1.807) is 0 Å². The highest BCUT2D eigenvalue weighted by Crippen LogP contribution is 2.19. The second-order valence-electron chi connectivity index (χ2n) is 3.13. The van der Waals surface area contributed by atoms with E-state index < -0.39 is 17.9 Å². The summed E-state index contributed by atoms with van der Waals surface area (Å²) in [6.45, 7) is 5.66. The van der Waals surface area contributed by atoms with Gasteiger partial charge in [0.05, 0.1) is 0 Å². The molecular weight excluding hydrogens is 176 g/mol. The molecule has 1 N–H and O–H groups in total. The smallest absolute Gasteiger partial charge is 0.315 e. The third-order valence-electron chi connectivity index (χ3n) is 2.62. The van der Waals surface area contributed by atoms with Gasteiger partial charge in [0.1, 0.15) is 0 Å². The maximum Gasteiger partial charge on any atom is 0.315 e. The van der Waals surface area contributed by atoms with Crippen molar-refractivity contribution in [3.63, 3.8) is 0 Å². The highest BCUT2D eigenvalue weighted by atomic mass is 19.3. The van der Waals surface area contributed by atoms with E-state index in [0.29, 0.717) is 19.3 Å². The monoisotopic (exact) mass is 193 g/mol. The van der Waals surface area contributed by atoms with Gasteiger partial charge in [0.2, 0.25) is 0 Å². The Balaban J connectivity index is 4.33. The maximum atomic E-state index is 12.0. The van der Waals surface area contributed by atoms with Crippen LogP contribution in [0.5, 0.6) is 0 Å². The minimum absolute atomic E-state index is 0.451. The average molecular weight is 193 g/mol. The number of hydrogen-bond donors (Lipinski definition) is 1. The lowest BCUT2D eigenvalue weighted by Gasteiger charge is -2.31. The minimum atomic E-state index is -2.91. The van der Waals surface area contributed by atoms with Gasteiger partial charge in [0, 0.05) is 5.54 Å². The zero-order valence-electron chi connectivity index (χ0n) is 8.36. The lowest BCUT2D eigenvalue weighted by atomic mass is 9.90. The SMILES string of the molecule is CCC(CC)(CC)NC(=O)C(F)F. The van der Waals surface area contributed by atoms with Crippen LogP contribution >= 0.6 is 0 Å². The molecule has 0 bridgehead atoms. The van der Waals surface area contributed by atoms with Gasteiger partial charge in [0.25, 0.3) is 5.91 Å². The number of nitrogens with one attached hydrogen (secondary N) is 1. The van der Waals surface area contributed by atoms with Gasteiger partial charge in [-0.05, 0) is 19.3 Å². The van der Waals surface area contributed by atoms with Crippen LogP contribution in [-0.4, -0.2) is 17.9 Å².